The Bertz CT molecular complexity index is 378. The van der Waals surface area contributed by atoms with Gasteiger partial charge in [0.25, 0.3) is 0 Å². The van der Waals surface area contributed by atoms with Gasteiger partial charge in [-0.2, -0.15) is 0 Å². The standard InChI is InChI=1S/C14H22N2O/c1-10-6-5-9-16(11(10)2)14-13(12(3)17)7-4-8-15-14/h4,7-8,10-12,17H,5-6,9H2,1-3H3. The predicted octanol–water partition coefficient (Wildman–Crippen LogP) is 2.76. The van der Waals surface area contributed by atoms with Gasteiger partial charge in [-0.05, 0) is 38.7 Å². The molecule has 3 heteroatoms. The third kappa shape index (κ3) is 2.44. The number of nitrogens with zero attached hydrogens (tertiary/aromatic N) is 2. The Morgan fingerprint density at radius 1 is 1.47 bits per heavy atom. The van der Waals surface area contributed by atoms with Crippen LogP contribution in [0.25, 0.3) is 0 Å². The number of aliphatic hydroxyl groups is 1. The summed E-state index contributed by atoms with van der Waals surface area (Å²) in [6.45, 7) is 7.40. The first kappa shape index (κ1) is 12.4. The lowest BCUT2D eigenvalue weighted by molar-refractivity contribution is 0.198. The molecule has 0 amide bonds. The van der Waals surface area contributed by atoms with E-state index in [1.54, 1.807) is 6.92 Å². The lowest BCUT2D eigenvalue weighted by Gasteiger charge is -2.39. The highest BCUT2D eigenvalue weighted by molar-refractivity contribution is 5.49. The first-order valence-corrected chi connectivity index (χ1v) is 6.51. The number of piperidine rings is 1. The fourth-order valence-electron chi connectivity index (χ4n) is 2.61. The molecular weight excluding hydrogens is 212 g/mol. The molecule has 0 aromatic carbocycles. The van der Waals surface area contributed by atoms with Crippen molar-refractivity contribution in [3.05, 3.63) is 23.9 Å². The molecule has 17 heavy (non-hydrogen) atoms. The van der Waals surface area contributed by atoms with Gasteiger partial charge in [-0.1, -0.05) is 13.0 Å². The third-order valence-electron chi connectivity index (χ3n) is 3.91. The second kappa shape index (κ2) is 5.05. The molecule has 1 N–H and O–H groups in total. The molecule has 0 spiro atoms. The molecule has 1 aliphatic heterocycles. The van der Waals surface area contributed by atoms with Gasteiger partial charge in [0.1, 0.15) is 5.82 Å². The van der Waals surface area contributed by atoms with Crippen LogP contribution >= 0.6 is 0 Å². The summed E-state index contributed by atoms with van der Waals surface area (Å²) in [5, 5.41) is 9.82. The molecule has 3 unspecified atom stereocenters. The average Bonchev–Trinajstić information content (AvgIpc) is 2.33. The molecule has 1 fully saturated rings. The average molecular weight is 234 g/mol. The smallest absolute Gasteiger partial charge is 0.134 e. The molecule has 1 aromatic heterocycles. The molecule has 0 radical (unpaired) electrons. The normalized spacial score (nSPS) is 26.9. The highest BCUT2D eigenvalue weighted by atomic mass is 16.3. The summed E-state index contributed by atoms with van der Waals surface area (Å²) in [6, 6.07) is 4.36. The van der Waals surface area contributed by atoms with Crippen LogP contribution in [-0.2, 0) is 0 Å². The van der Waals surface area contributed by atoms with E-state index in [0.29, 0.717) is 12.0 Å². The van der Waals surface area contributed by atoms with Gasteiger partial charge in [-0.15, -0.1) is 0 Å². The van der Waals surface area contributed by atoms with Gasteiger partial charge in [-0.25, -0.2) is 4.98 Å². The Balaban J connectivity index is 2.32. The van der Waals surface area contributed by atoms with E-state index in [1.807, 2.05) is 18.3 Å². The van der Waals surface area contributed by atoms with Gasteiger partial charge in [-0.3, -0.25) is 0 Å². The van der Waals surface area contributed by atoms with Gasteiger partial charge >= 0.3 is 0 Å². The minimum Gasteiger partial charge on any atom is -0.389 e. The van der Waals surface area contributed by atoms with Gasteiger partial charge in [0.2, 0.25) is 0 Å². The van der Waals surface area contributed by atoms with E-state index >= 15 is 0 Å². The van der Waals surface area contributed by atoms with Crippen molar-refractivity contribution in [2.24, 2.45) is 5.92 Å². The molecule has 0 saturated carbocycles. The third-order valence-corrected chi connectivity index (χ3v) is 3.91. The van der Waals surface area contributed by atoms with Crippen LogP contribution in [-0.4, -0.2) is 22.7 Å². The molecule has 1 aromatic rings. The Morgan fingerprint density at radius 3 is 2.94 bits per heavy atom. The lowest BCUT2D eigenvalue weighted by Crippen LogP contribution is -2.43. The minimum absolute atomic E-state index is 0.455. The van der Waals surface area contributed by atoms with Crippen LogP contribution in [0.2, 0.25) is 0 Å². The molecule has 94 valence electrons. The fraction of sp³-hybridized carbons (Fsp3) is 0.643. The Morgan fingerprint density at radius 2 is 2.24 bits per heavy atom. The second-order valence-corrected chi connectivity index (χ2v) is 5.15. The monoisotopic (exact) mass is 234 g/mol. The largest absolute Gasteiger partial charge is 0.389 e. The lowest BCUT2D eigenvalue weighted by atomic mass is 9.91. The van der Waals surface area contributed by atoms with Gasteiger partial charge in [0.15, 0.2) is 0 Å². The van der Waals surface area contributed by atoms with Gasteiger partial charge in [0, 0.05) is 24.3 Å². The number of hydrogen-bond donors (Lipinski definition) is 1. The highest BCUT2D eigenvalue weighted by Gasteiger charge is 2.27. The highest BCUT2D eigenvalue weighted by Crippen LogP contribution is 2.31. The van der Waals surface area contributed by atoms with Gasteiger partial charge in [0.05, 0.1) is 6.10 Å². The van der Waals surface area contributed by atoms with Crippen LogP contribution < -0.4 is 4.90 Å². The topological polar surface area (TPSA) is 36.4 Å². The molecular formula is C14H22N2O. The van der Waals surface area contributed by atoms with Crippen LogP contribution in [0, 0.1) is 5.92 Å². The van der Waals surface area contributed by atoms with E-state index in [0.717, 1.165) is 17.9 Å². The Hall–Kier alpha value is -1.09. The summed E-state index contributed by atoms with van der Waals surface area (Å²) in [7, 11) is 0. The SMILES string of the molecule is CC(O)c1cccnc1N1CCCC(C)C1C. The van der Waals surface area contributed by atoms with Crippen molar-refractivity contribution in [3.63, 3.8) is 0 Å². The number of hydrogen-bond acceptors (Lipinski definition) is 3. The zero-order valence-corrected chi connectivity index (χ0v) is 10.9. The van der Waals surface area contributed by atoms with Crippen LogP contribution in [0.15, 0.2) is 18.3 Å². The molecule has 3 atom stereocenters. The predicted molar refractivity (Wildman–Crippen MR) is 70.1 cm³/mol. The molecule has 1 saturated heterocycles. The molecule has 0 aliphatic carbocycles. The Labute approximate surface area is 103 Å². The number of rotatable bonds is 2. The maximum Gasteiger partial charge on any atom is 0.134 e. The van der Waals surface area contributed by atoms with Crippen LogP contribution in [0.1, 0.15) is 45.3 Å². The number of pyridine rings is 1. The van der Waals surface area contributed by atoms with Crippen molar-refractivity contribution in [1.82, 2.24) is 4.98 Å². The molecule has 3 nitrogen and oxygen atoms in total. The summed E-state index contributed by atoms with van der Waals surface area (Å²) in [5.41, 5.74) is 0.938. The zero-order chi connectivity index (χ0) is 12.4. The summed E-state index contributed by atoms with van der Waals surface area (Å²) < 4.78 is 0. The Kier molecular flexibility index (Phi) is 3.67. The maximum absolute atomic E-state index is 9.82. The molecule has 1 aliphatic rings. The summed E-state index contributed by atoms with van der Waals surface area (Å²) in [4.78, 5) is 6.82. The van der Waals surface area contributed by atoms with E-state index in [-0.39, 0.29) is 0 Å². The summed E-state index contributed by atoms with van der Waals surface area (Å²) >= 11 is 0. The van der Waals surface area contributed by atoms with Gasteiger partial charge < -0.3 is 10.0 Å². The first-order chi connectivity index (χ1) is 8.11. The van der Waals surface area contributed by atoms with E-state index < -0.39 is 6.10 Å². The van der Waals surface area contributed by atoms with E-state index in [9.17, 15) is 5.11 Å². The van der Waals surface area contributed by atoms with Crippen molar-refractivity contribution in [3.8, 4) is 0 Å². The quantitative estimate of drug-likeness (QED) is 0.854. The summed E-state index contributed by atoms with van der Waals surface area (Å²) in [6.07, 6.45) is 3.85. The van der Waals surface area contributed by atoms with Crippen molar-refractivity contribution in [2.45, 2.75) is 45.8 Å². The zero-order valence-electron chi connectivity index (χ0n) is 10.9. The van der Waals surface area contributed by atoms with E-state index in [2.05, 4.69) is 23.7 Å². The van der Waals surface area contributed by atoms with E-state index in [4.69, 9.17) is 0 Å². The van der Waals surface area contributed by atoms with E-state index in [1.165, 1.54) is 12.8 Å². The van der Waals surface area contributed by atoms with Crippen molar-refractivity contribution in [1.29, 1.82) is 0 Å². The van der Waals surface area contributed by atoms with Crippen molar-refractivity contribution < 1.29 is 5.11 Å². The number of aliphatic hydroxyl groups excluding tert-OH is 1. The first-order valence-electron chi connectivity index (χ1n) is 6.51. The minimum atomic E-state index is -0.455. The molecule has 2 rings (SSSR count). The van der Waals surface area contributed by atoms with Crippen molar-refractivity contribution >= 4 is 5.82 Å². The molecule has 0 bridgehead atoms. The van der Waals surface area contributed by atoms with Crippen LogP contribution in [0.4, 0.5) is 5.82 Å². The number of aromatic nitrogens is 1. The maximum atomic E-state index is 9.82. The summed E-state index contributed by atoms with van der Waals surface area (Å²) in [5.74, 6) is 1.65. The van der Waals surface area contributed by atoms with Crippen LogP contribution in [0.3, 0.4) is 0 Å². The van der Waals surface area contributed by atoms with Crippen molar-refractivity contribution in [2.75, 3.05) is 11.4 Å². The second-order valence-electron chi connectivity index (χ2n) is 5.15. The van der Waals surface area contributed by atoms with Crippen LogP contribution in [0.5, 0.6) is 0 Å². The fourth-order valence-corrected chi connectivity index (χ4v) is 2.61. The number of anilines is 1. The molecule has 2 heterocycles.